The van der Waals surface area contributed by atoms with Gasteiger partial charge in [0.15, 0.2) is 5.11 Å². The van der Waals surface area contributed by atoms with E-state index in [4.69, 9.17) is 15.2 Å². The Balaban J connectivity index is 1.86. The minimum Gasteiger partial charge on any atom is -0.490 e. The molecule has 0 aromatic heterocycles. The monoisotopic (exact) mass is 279 g/mol. The maximum absolute atomic E-state index is 5.87. The van der Waals surface area contributed by atoms with E-state index in [0.717, 1.165) is 37.4 Å². The third-order valence-electron chi connectivity index (χ3n) is 2.74. The molecule has 0 radical (unpaired) electrons. The van der Waals surface area contributed by atoms with E-state index < -0.39 is 0 Å². The van der Waals surface area contributed by atoms with Gasteiger partial charge < -0.3 is 15.2 Å². The molecule has 19 heavy (non-hydrogen) atoms. The first-order valence-electron chi connectivity index (χ1n) is 6.17. The van der Waals surface area contributed by atoms with Crippen LogP contribution in [0.15, 0.2) is 29.4 Å². The molecule has 102 valence electrons. The fraction of sp³-hybridized carbons (Fsp3) is 0.385. The molecule has 0 aliphatic carbocycles. The van der Waals surface area contributed by atoms with E-state index in [9.17, 15) is 0 Å². The second-order valence-electron chi connectivity index (χ2n) is 4.23. The van der Waals surface area contributed by atoms with Gasteiger partial charge in [-0.3, -0.25) is 5.43 Å². The highest BCUT2D eigenvalue weighted by molar-refractivity contribution is 7.80. The lowest BCUT2D eigenvalue weighted by Gasteiger charge is -2.23. The third-order valence-corrected chi connectivity index (χ3v) is 2.83. The summed E-state index contributed by atoms with van der Waals surface area (Å²) in [7, 11) is 0. The Hall–Kier alpha value is -1.66. The van der Waals surface area contributed by atoms with Gasteiger partial charge >= 0.3 is 0 Å². The largest absolute Gasteiger partial charge is 0.490 e. The van der Waals surface area contributed by atoms with Crippen LogP contribution in [0.2, 0.25) is 0 Å². The van der Waals surface area contributed by atoms with E-state index >= 15 is 0 Å². The molecule has 3 N–H and O–H groups in total. The molecule has 1 aliphatic heterocycles. The summed E-state index contributed by atoms with van der Waals surface area (Å²) in [6.07, 6.45) is 3.80. The second kappa shape index (κ2) is 7.06. The van der Waals surface area contributed by atoms with Gasteiger partial charge in [-0.1, -0.05) is 0 Å². The normalized spacial score (nSPS) is 16.4. The molecule has 1 aliphatic rings. The Kier molecular flexibility index (Phi) is 5.11. The molecule has 0 amide bonds. The van der Waals surface area contributed by atoms with Crippen LogP contribution in [0.1, 0.15) is 18.4 Å². The predicted octanol–water partition coefficient (Wildman–Crippen LogP) is 1.41. The highest BCUT2D eigenvalue weighted by atomic mass is 32.1. The molecule has 2 rings (SSSR count). The zero-order chi connectivity index (χ0) is 13.5. The number of nitrogens with two attached hydrogens (primary N) is 1. The molecule has 0 unspecified atom stereocenters. The van der Waals surface area contributed by atoms with Crippen molar-refractivity contribution in [1.29, 1.82) is 0 Å². The molecule has 1 aromatic rings. The van der Waals surface area contributed by atoms with Crippen LogP contribution in [0.25, 0.3) is 0 Å². The number of benzene rings is 1. The summed E-state index contributed by atoms with van der Waals surface area (Å²) in [6, 6.07) is 7.72. The topological polar surface area (TPSA) is 68.9 Å². The van der Waals surface area contributed by atoms with E-state index in [0.29, 0.717) is 0 Å². The van der Waals surface area contributed by atoms with Gasteiger partial charge in [-0.15, -0.1) is 0 Å². The lowest BCUT2D eigenvalue weighted by Crippen LogP contribution is -2.25. The van der Waals surface area contributed by atoms with Crippen LogP contribution in [0.4, 0.5) is 0 Å². The molecule has 1 heterocycles. The van der Waals surface area contributed by atoms with Crippen LogP contribution < -0.4 is 15.9 Å². The molecule has 1 aromatic carbocycles. The summed E-state index contributed by atoms with van der Waals surface area (Å²) < 4.78 is 11.2. The minimum absolute atomic E-state index is 0.149. The second-order valence-corrected chi connectivity index (χ2v) is 4.67. The summed E-state index contributed by atoms with van der Waals surface area (Å²) in [4.78, 5) is 0. The molecule has 0 bridgehead atoms. The smallest absolute Gasteiger partial charge is 0.184 e. The van der Waals surface area contributed by atoms with E-state index in [1.54, 1.807) is 6.21 Å². The van der Waals surface area contributed by atoms with E-state index in [2.05, 4.69) is 22.7 Å². The molecule has 0 spiro atoms. The fourth-order valence-corrected chi connectivity index (χ4v) is 1.84. The highest BCUT2D eigenvalue weighted by Gasteiger charge is 2.14. The van der Waals surface area contributed by atoms with Crippen LogP contribution in [0.3, 0.4) is 0 Å². The van der Waals surface area contributed by atoms with E-state index in [1.165, 1.54) is 0 Å². The van der Waals surface area contributed by atoms with Crippen molar-refractivity contribution in [2.24, 2.45) is 10.8 Å². The zero-order valence-corrected chi connectivity index (χ0v) is 11.4. The van der Waals surface area contributed by atoms with Crippen molar-refractivity contribution in [2.45, 2.75) is 18.9 Å². The summed E-state index contributed by atoms with van der Waals surface area (Å²) in [6.45, 7) is 1.56. The zero-order valence-electron chi connectivity index (χ0n) is 10.5. The van der Waals surface area contributed by atoms with E-state index in [1.807, 2.05) is 24.3 Å². The summed E-state index contributed by atoms with van der Waals surface area (Å²) in [5.41, 5.74) is 8.72. The van der Waals surface area contributed by atoms with Crippen molar-refractivity contribution in [3.63, 3.8) is 0 Å². The molecule has 1 saturated heterocycles. The van der Waals surface area contributed by atoms with Gasteiger partial charge in [0.2, 0.25) is 0 Å². The molecular formula is C13H17N3O2S. The van der Waals surface area contributed by atoms with Crippen molar-refractivity contribution >= 4 is 23.5 Å². The van der Waals surface area contributed by atoms with Crippen LogP contribution in [0, 0.1) is 0 Å². The summed E-state index contributed by atoms with van der Waals surface area (Å²) in [5.74, 6) is 0.867. The van der Waals surface area contributed by atoms with E-state index in [-0.39, 0.29) is 11.2 Å². The number of hydrogen-bond acceptors (Lipinski definition) is 4. The van der Waals surface area contributed by atoms with Crippen LogP contribution in [-0.2, 0) is 4.74 Å². The number of hydrazone groups is 1. The highest BCUT2D eigenvalue weighted by Crippen LogP contribution is 2.18. The maximum Gasteiger partial charge on any atom is 0.184 e. The molecule has 5 nitrogen and oxygen atoms in total. The number of ether oxygens (including phenoxy) is 2. The number of thiocarbonyl (C=S) groups is 1. The first-order valence-corrected chi connectivity index (χ1v) is 6.58. The van der Waals surface area contributed by atoms with Gasteiger partial charge in [0.1, 0.15) is 11.9 Å². The van der Waals surface area contributed by atoms with Gasteiger partial charge in [0.05, 0.1) is 19.4 Å². The molecule has 6 heteroatoms. The molecular weight excluding hydrogens is 262 g/mol. The van der Waals surface area contributed by atoms with Crippen LogP contribution >= 0.6 is 12.2 Å². The average Bonchev–Trinajstić information content (AvgIpc) is 2.42. The van der Waals surface area contributed by atoms with Gasteiger partial charge in [-0.05, 0) is 42.0 Å². The number of rotatable bonds is 4. The summed E-state index contributed by atoms with van der Waals surface area (Å²) in [5, 5.41) is 4.04. The first-order chi connectivity index (χ1) is 9.24. The van der Waals surface area contributed by atoms with Crippen molar-refractivity contribution in [3.8, 4) is 5.75 Å². The SMILES string of the molecule is NC(=S)NN=Cc1ccc(OC2CCOCC2)cc1. The van der Waals surface area contributed by atoms with Gasteiger partial charge in [-0.25, -0.2) is 0 Å². The minimum atomic E-state index is 0.149. The lowest BCUT2D eigenvalue weighted by atomic mass is 10.1. The quantitative estimate of drug-likeness (QED) is 0.495. The standard InChI is InChI=1S/C13H17N3O2S/c14-13(19)16-15-9-10-1-3-11(4-2-10)18-12-5-7-17-8-6-12/h1-4,9,12H,5-8H2,(H3,14,16,19). The average molecular weight is 279 g/mol. The van der Waals surface area contributed by atoms with Crippen molar-refractivity contribution in [1.82, 2.24) is 5.43 Å². The van der Waals surface area contributed by atoms with Crippen molar-refractivity contribution in [2.75, 3.05) is 13.2 Å². The Bertz CT molecular complexity index is 442. The first kappa shape index (κ1) is 13.8. The maximum atomic E-state index is 5.87. The molecule has 0 atom stereocenters. The van der Waals surface area contributed by atoms with Gasteiger partial charge in [0.25, 0.3) is 0 Å². The van der Waals surface area contributed by atoms with Crippen molar-refractivity contribution in [3.05, 3.63) is 29.8 Å². The fourth-order valence-electron chi connectivity index (χ4n) is 1.79. The van der Waals surface area contributed by atoms with Crippen molar-refractivity contribution < 1.29 is 9.47 Å². The molecule has 0 saturated carbocycles. The van der Waals surface area contributed by atoms with Gasteiger partial charge in [0, 0.05) is 12.8 Å². The Morgan fingerprint density at radius 2 is 2.05 bits per heavy atom. The Morgan fingerprint density at radius 3 is 2.68 bits per heavy atom. The Morgan fingerprint density at radius 1 is 1.37 bits per heavy atom. The third kappa shape index (κ3) is 4.84. The molecule has 1 fully saturated rings. The number of nitrogens with one attached hydrogen (secondary N) is 1. The van der Waals surface area contributed by atoms with Gasteiger partial charge in [-0.2, -0.15) is 5.10 Å². The number of hydrogen-bond donors (Lipinski definition) is 2. The Labute approximate surface area is 117 Å². The van der Waals surface area contributed by atoms with Crippen LogP contribution in [-0.4, -0.2) is 30.6 Å². The summed E-state index contributed by atoms with van der Waals surface area (Å²) >= 11 is 4.65. The lowest BCUT2D eigenvalue weighted by molar-refractivity contribution is 0.0256. The predicted molar refractivity (Wildman–Crippen MR) is 78.4 cm³/mol. The number of nitrogens with zero attached hydrogens (tertiary/aromatic N) is 1. The van der Waals surface area contributed by atoms with Crippen LogP contribution in [0.5, 0.6) is 5.75 Å².